The minimum absolute atomic E-state index is 0.0485. The lowest BCUT2D eigenvalue weighted by Crippen LogP contribution is -2.44. The van der Waals surface area contributed by atoms with Crippen LogP contribution in [0.3, 0.4) is 0 Å². The molecule has 1 amide bonds. The number of tetrazole rings is 1. The number of aromatic nitrogens is 4. The van der Waals surface area contributed by atoms with Crippen LogP contribution in [-0.4, -0.2) is 45.2 Å². The number of nitrogens with zero attached hydrogens (tertiary/aromatic N) is 5. The number of piperidine rings is 1. The molecular formula is C16H21FN6O. The average Bonchev–Trinajstić information content (AvgIpc) is 3.10. The van der Waals surface area contributed by atoms with Crippen molar-refractivity contribution in [2.24, 2.45) is 0 Å². The van der Waals surface area contributed by atoms with Gasteiger partial charge in [-0.1, -0.05) is 12.1 Å². The van der Waals surface area contributed by atoms with Crippen LogP contribution in [0.5, 0.6) is 0 Å². The molecule has 1 N–H and O–H groups in total. The summed E-state index contributed by atoms with van der Waals surface area (Å²) >= 11 is 0. The minimum atomic E-state index is -0.192. The van der Waals surface area contributed by atoms with Gasteiger partial charge in [0.05, 0.1) is 5.69 Å². The molecular weight excluding hydrogens is 311 g/mol. The highest BCUT2D eigenvalue weighted by atomic mass is 19.1. The van der Waals surface area contributed by atoms with E-state index in [9.17, 15) is 9.18 Å². The number of rotatable bonds is 6. The topological polar surface area (TPSA) is 75.9 Å². The Morgan fingerprint density at radius 1 is 1.29 bits per heavy atom. The Kier molecular flexibility index (Phi) is 5.35. The number of para-hydroxylation sites is 1. The Balaban J connectivity index is 1.39. The van der Waals surface area contributed by atoms with Gasteiger partial charge in [-0.05, 0) is 41.8 Å². The monoisotopic (exact) mass is 332 g/mol. The molecule has 0 saturated carbocycles. The van der Waals surface area contributed by atoms with Crippen molar-refractivity contribution in [2.75, 3.05) is 18.0 Å². The predicted molar refractivity (Wildman–Crippen MR) is 86.8 cm³/mol. The first-order chi connectivity index (χ1) is 11.7. The molecule has 1 saturated heterocycles. The third kappa shape index (κ3) is 4.27. The van der Waals surface area contributed by atoms with Gasteiger partial charge in [0.1, 0.15) is 12.1 Å². The molecule has 0 radical (unpaired) electrons. The van der Waals surface area contributed by atoms with Gasteiger partial charge in [-0.2, -0.15) is 0 Å². The van der Waals surface area contributed by atoms with Crippen molar-refractivity contribution >= 4 is 11.6 Å². The minimum Gasteiger partial charge on any atom is -0.369 e. The van der Waals surface area contributed by atoms with Gasteiger partial charge in [0.2, 0.25) is 5.91 Å². The highest BCUT2D eigenvalue weighted by Gasteiger charge is 2.22. The van der Waals surface area contributed by atoms with E-state index in [1.165, 1.54) is 12.4 Å². The van der Waals surface area contributed by atoms with E-state index in [-0.39, 0.29) is 17.8 Å². The van der Waals surface area contributed by atoms with Crippen LogP contribution in [0, 0.1) is 5.82 Å². The molecule has 1 fully saturated rings. The number of anilines is 1. The lowest BCUT2D eigenvalue weighted by molar-refractivity contribution is -0.122. The first-order valence-electron chi connectivity index (χ1n) is 8.22. The van der Waals surface area contributed by atoms with Crippen LogP contribution in [0.15, 0.2) is 30.6 Å². The van der Waals surface area contributed by atoms with E-state index in [2.05, 4.69) is 20.8 Å². The molecule has 24 heavy (non-hydrogen) atoms. The van der Waals surface area contributed by atoms with Gasteiger partial charge in [0, 0.05) is 32.1 Å². The molecule has 8 heteroatoms. The van der Waals surface area contributed by atoms with Crippen LogP contribution >= 0.6 is 0 Å². The summed E-state index contributed by atoms with van der Waals surface area (Å²) in [7, 11) is 0. The maximum atomic E-state index is 13.8. The summed E-state index contributed by atoms with van der Waals surface area (Å²) in [4.78, 5) is 14.0. The number of nitrogens with one attached hydrogen (secondary N) is 1. The van der Waals surface area contributed by atoms with Gasteiger partial charge in [-0.15, -0.1) is 5.10 Å². The molecule has 3 rings (SSSR count). The fourth-order valence-corrected chi connectivity index (χ4v) is 2.96. The van der Waals surface area contributed by atoms with Crippen LogP contribution in [0.4, 0.5) is 10.1 Å². The second-order valence-corrected chi connectivity index (χ2v) is 5.96. The van der Waals surface area contributed by atoms with Crippen LogP contribution in [0.2, 0.25) is 0 Å². The van der Waals surface area contributed by atoms with Crippen molar-refractivity contribution in [3.63, 3.8) is 0 Å². The zero-order valence-corrected chi connectivity index (χ0v) is 13.4. The first-order valence-corrected chi connectivity index (χ1v) is 8.22. The predicted octanol–water partition coefficient (Wildman–Crippen LogP) is 1.38. The lowest BCUT2D eigenvalue weighted by Gasteiger charge is -2.34. The smallest absolute Gasteiger partial charge is 0.220 e. The molecule has 0 spiro atoms. The van der Waals surface area contributed by atoms with Crippen LogP contribution in [-0.2, 0) is 11.3 Å². The SMILES string of the molecule is O=C(CCCn1cnnn1)NC1CCN(c2ccccc2F)CC1. The number of benzene rings is 1. The molecule has 2 aromatic rings. The number of hydrogen-bond acceptors (Lipinski definition) is 5. The molecule has 0 aliphatic carbocycles. The number of carbonyl (C=O) groups excluding carboxylic acids is 1. The molecule has 1 aliphatic rings. The van der Waals surface area contributed by atoms with Crippen molar-refractivity contribution in [2.45, 2.75) is 38.3 Å². The van der Waals surface area contributed by atoms with E-state index >= 15 is 0 Å². The Morgan fingerprint density at radius 3 is 2.79 bits per heavy atom. The molecule has 7 nitrogen and oxygen atoms in total. The molecule has 1 aliphatic heterocycles. The summed E-state index contributed by atoms with van der Waals surface area (Å²) in [5.74, 6) is -0.144. The number of hydrogen-bond donors (Lipinski definition) is 1. The molecule has 1 aromatic heterocycles. The summed E-state index contributed by atoms with van der Waals surface area (Å²) in [6.07, 6.45) is 4.34. The average molecular weight is 332 g/mol. The molecule has 0 atom stereocenters. The van der Waals surface area contributed by atoms with Crippen LogP contribution < -0.4 is 10.2 Å². The summed E-state index contributed by atoms with van der Waals surface area (Å²) < 4.78 is 15.4. The highest BCUT2D eigenvalue weighted by Crippen LogP contribution is 2.22. The van der Waals surface area contributed by atoms with Crippen molar-refractivity contribution in [1.29, 1.82) is 0 Å². The highest BCUT2D eigenvalue weighted by molar-refractivity contribution is 5.76. The number of amides is 1. The van der Waals surface area contributed by atoms with Crippen LogP contribution in [0.1, 0.15) is 25.7 Å². The first kappa shape index (κ1) is 16.4. The second-order valence-electron chi connectivity index (χ2n) is 5.96. The molecule has 0 bridgehead atoms. The van der Waals surface area contributed by atoms with Crippen LogP contribution in [0.25, 0.3) is 0 Å². The Hall–Kier alpha value is -2.51. The summed E-state index contributed by atoms with van der Waals surface area (Å²) in [5.41, 5.74) is 0.642. The maximum absolute atomic E-state index is 13.8. The van der Waals surface area contributed by atoms with Gasteiger partial charge in [-0.3, -0.25) is 4.79 Å². The van der Waals surface area contributed by atoms with E-state index in [4.69, 9.17) is 0 Å². The Labute approximate surface area is 139 Å². The van der Waals surface area contributed by atoms with Gasteiger partial charge in [0.25, 0.3) is 0 Å². The number of aryl methyl sites for hydroxylation is 1. The molecule has 0 unspecified atom stereocenters. The van der Waals surface area contributed by atoms with E-state index < -0.39 is 0 Å². The molecule has 128 valence electrons. The van der Waals surface area contributed by atoms with Crippen molar-refractivity contribution in [3.8, 4) is 0 Å². The number of halogens is 1. The summed E-state index contributed by atoms with van der Waals surface area (Å²) in [5, 5.41) is 13.9. The summed E-state index contributed by atoms with van der Waals surface area (Å²) in [6, 6.07) is 6.98. The Morgan fingerprint density at radius 2 is 2.08 bits per heavy atom. The standard InChI is InChI=1S/C16H21FN6O/c17-14-4-1-2-5-15(14)22-10-7-13(8-11-22)19-16(24)6-3-9-23-12-18-20-21-23/h1-2,4-5,12-13H,3,6-11H2,(H,19,24). The lowest BCUT2D eigenvalue weighted by atomic mass is 10.0. The van der Waals surface area contributed by atoms with Gasteiger partial charge < -0.3 is 10.2 Å². The third-order valence-electron chi connectivity index (χ3n) is 4.24. The van der Waals surface area contributed by atoms with Gasteiger partial charge in [0.15, 0.2) is 0 Å². The normalized spacial score (nSPS) is 15.5. The zero-order valence-electron chi connectivity index (χ0n) is 13.4. The molecule has 1 aromatic carbocycles. The van der Waals surface area contributed by atoms with Crippen molar-refractivity contribution < 1.29 is 9.18 Å². The quantitative estimate of drug-likeness (QED) is 0.865. The zero-order chi connectivity index (χ0) is 16.8. The van der Waals surface area contributed by atoms with E-state index in [1.807, 2.05) is 11.0 Å². The van der Waals surface area contributed by atoms with Crippen molar-refractivity contribution in [1.82, 2.24) is 25.5 Å². The van der Waals surface area contributed by atoms with E-state index in [0.717, 1.165) is 25.9 Å². The Bertz CT molecular complexity index is 654. The summed E-state index contributed by atoms with van der Waals surface area (Å²) in [6.45, 7) is 2.12. The third-order valence-corrected chi connectivity index (χ3v) is 4.24. The van der Waals surface area contributed by atoms with E-state index in [1.54, 1.807) is 16.8 Å². The van der Waals surface area contributed by atoms with Crippen molar-refractivity contribution in [3.05, 3.63) is 36.4 Å². The van der Waals surface area contributed by atoms with Gasteiger partial charge >= 0.3 is 0 Å². The maximum Gasteiger partial charge on any atom is 0.220 e. The van der Waals surface area contributed by atoms with E-state index in [0.29, 0.717) is 25.1 Å². The fourth-order valence-electron chi connectivity index (χ4n) is 2.96. The largest absolute Gasteiger partial charge is 0.369 e. The second kappa shape index (κ2) is 7.85. The molecule has 2 heterocycles. The van der Waals surface area contributed by atoms with Gasteiger partial charge in [-0.25, -0.2) is 9.07 Å². The fraction of sp³-hybridized carbons (Fsp3) is 0.500. The number of carbonyl (C=O) groups is 1.